The first-order valence-electron chi connectivity index (χ1n) is 6.19. The highest BCUT2D eigenvalue weighted by molar-refractivity contribution is 6.07. The molecule has 0 unspecified atom stereocenters. The van der Waals surface area contributed by atoms with E-state index in [0.717, 1.165) is 12.1 Å². The van der Waals surface area contributed by atoms with Crippen LogP contribution in [0.3, 0.4) is 0 Å². The lowest BCUT2D eigenvalue weighted by Crippen LogP contribution is -2.30. The molecule has 0 aliphatic heterocycles. The topological polar surface area (TPSA) is 66.6 Å². The molecule has 0 bridgehead atoms. The Hall–Kier alpha value is -2.56. The van der Waals surface area contributed by atoms with Gasteiger partial charge in [0.1, 0.15) is 11.6 Å². The highest BCUT2D eigenvalue weighted by Crippen LogP contribution is 2.24. The number of nitrogen functional groups attached to an aromatic ring is 1. The molecular formula is C15H15FN2O2. The number of nitrogens with zero attached hydrogens (tertiary/aromatic N) is 1. The van der Waals surface area contributed by atoms with Gasteiger partial charge in [-0.25, -0.2) is 4.39 Å². The number of benzene rings is 2. The molecule has 0 atom stereocenters. The molecule has 2 aromatic carbocycles. The number of nitrogens with two attached hydrogens (primary N) is 1. The van der Waals surface area contributed by atoms with E-state index in [1.165, 1.54) is 11.0 Å². The molecule has 3 N–H and O–H groups in total. The predicted molar refractivity (Wildman–Crippen MR) is 76.3 cm³/mol. The van der Waals surface area contributed by atoms with Gasteiger partial charge in [0.05, 0.1) is 5.56 Å². The van der Waals surface area contributed by atoms with E-state index in [-0.39, 0.29) is 11.3 Å². The van der Waals surface area contributed by atoms with Crippen LogP contribution in [-0.2, 0) is 0 Å². The van der Waals surface area contributed by atoms with Crippen molar-refractivity contribution >= 4 is 17.3 Å². The lowest BCUT2D eigenvalue weighted by Gasteiger charge is -2.21. The first-order chi connectivity index (χ1) is 9.52. The van der Waals surface area contributed by atoms with Crippen molar-refractivity contribution in [1.82, 2.24) is 0 Å². The molecule has 0 heterocycles. The van der Waals surface area contributed by atoms with Crippen LogP contribution in [0.1, 0.15) is 17.3 Å². The number of hydrogen-bond donors (Lipinski definition) is 2. The summed E-state index contributed by atoms with van der Waals surface area (Å²) in [6.45, 7) is 2.18. The Bertz CT molecular complexity index is 626. The fourth-order valence-electron chi connectivity index (χ4n) is 1.92. The molecular weight excluding hydrogens is 259 g/mol. The summed E-state index contributed by atoms with van der Waals surface area (Å²) in [4.78, 5) is 13.8. The van der Waals surface area contributed by atoms with Crippen LogP contribution in [-0.4, -0.2) is 17.6 Å². The van der Waals surface area contributed by atoms with Crippen LogP contribution >= 0.6 is 0 Å². The zero-order valence-corrected chi connectivity index (χ0v) is 11.0. The zero-order valence-electron chi connectivity index (χ0n) is 11.0. The Morgan fingerprint density at radius 3 is 2.50 bits per heavy atom. The monoisotopic (exact) mass is 274 g/mol. The summed E-state index contributed by atoms with van der Waals surface area (Å²) >= 11 is 0. The summed E-state index contributed by atoms with van der Waals surface area (Å²) in [7, 11) is 0. The minimum absolute atomic E-state index is 0.0660. The third-order valence-electron chi connectivity index (χ3n) is 2.96. The maximum Gasteiger partial charge on any atom is 0.262 e. The van der Waals surface area contributed by atoms with Gasteiger partial charge in [-0.15, -0.1) is 0 Å². The molecule has 2 rings (SSSR count). The van der Waals surface area contributed by atoms with E-state index in [1.54, 1.807) is 31.2 Å². The Balaban J connectivity index is 2.38. The van der Waals surface area contributed by atoms with E-state index in [1.807, 2.05) is 0 Å². The van der Waals surface area contributed by atoms with Crippen molar-refractivity contribution in [3.8, 4) is 5.75 Å². The largest absolute Gasteiger partial charge is 0.507 e. The predicted octanol–water partition coefficient (Wildman–Crippen LogP) is 2.78. The van der Waals surface area contributed by atoms with Crippen molar-refractivity contribution in [3.63, 3.8) is 0 Å². The summed E-state index contributed by atoms with van der Waals surface area (Å²) < 4.78 is 13.2. The fraction of sp³-hybridized carbons (Fsp3) is 0.133. The van der Waals surface area contributed by atoms with Gasteiger partial charge in [0.2, 0.25) is 0 Å². The van der Waals surface area contributed by atoms with Gasteiger partial charge in [0.15, 0.2) is 0 Å². The third-order valence-corrected chi connectivity index (χ3v) is 2.96. The van der Waals surface area contributed by atoms with Gasteiger partial charge in [-0.1, -0.05) is 0 Å². The number of aromatic hydroxyl groups is 1. The number of carbonyl (C=O) groups is 1. The molecule has 0 aliphatic carbocycles. The summed E-state index contributed by atoms with van der Waals surface area (Å²) in [6, 6.07) is 10.1. The number of carbonyl (C=O) groups excluding carboxylic acids is 1. The second-order valence-corrected chi connectivity index (χ2v) is 4.30. The Labute approximate surface area is 116 Å². The van der Waals surface area contributed by atoms with Gasteiger partial charge < -0.3 is 15.7 Å². The number of amides is 1. The smallest absolute Gasteiger partial charge is 0.262 e. The van der Waals surface area contributed by atoms with Gasteiger partial charge in [0, 0.05) is 17.9 Å². The van der Waals surface area contributed by atoms with Crippen molar-refractivity contribution in [2.45, 2.75) is 6.92 Å². The first-order valence-corrected chi connectivity index (χ1v) is 6.19. The second-order valence-electron chi connectivity index (χ2n) is 4.30. The molecule has 0 saturated carbocycles. The van der Waals surface area contributed by atoms with Crippen LogP contribution in [0.2, 0.25) is 0 Å². The van der Waals surface area contributed by atoms with Crippen LogP contribution < -0.4 is 10.6 Å². The van der Waals surface area contributed by atoms with E-state index in [9.17, 15) is 14.3 Å². The third kappa shape index (κ3) is 2.71. The minimum atomic E-state index is -0.570. The second kappa shape index (κ2) is 5.61. The summed E-state index contributed by atoms with van der Waals surface area (Å²) in [5.41, 5.74) is 6.76. The molecule has 0 aromatic heterocycles. The van der Waals surface area contributed by atoms with Gasteiger partial charge in [-0.05, 0) is 49.4 Å². The molecule has 0 radical (unpaired) electrons. The average Bonchev–Trinajstić information content (AvgIpc) is 2.44. The van der Waals surface area contributed by atoms with Crippen LogP contribution in [0.25, 0.3) is 0 Å². The SMILES string of the molecule is CCN(C(=O)c1cc(F)ccc1O)c1ccc(N)cc1. The Morgan fingerprint density at radius 1 is 1.25 bits per heavy atom. The van der Waals surface area contributed by atoms with Crippen LogP contribution in [0, 0.1) is 5.82 Å². The minimum Gasteiger partial charge on any atom is -0.507 e. The molecule has 0 aliphatic rings. The van der Waals surface area contributed by atoms with Crippen LogP contribution in [0.15, 0.2) is 42.5 Å². The van der Waals surface area contributed by atoms with Crippen molar-refractivity contribution < 1.29 is 14.3 Å². The van der Waals surface area contributed by atoms with Gasteiger partial charge in [0.25, 0.3) is 5.91 Å². The van der Waals surface area contributed by atoms with Crippen molar-refractivity contribution in [1.29, 1.82) is 0 Å². The first kappa shape index (κ1) is 13.9. The summed E-state index contributed by atoms with van der Waals surface area (Å²) in [6.07, 6.45) is 0. The van der Waals surface area contributed by atoms with Crippen LogP contribution in [0.4, 0.5) is 15.8 Å². The number of phenolic OH excluding ortho intramolecular Hbond substituents is 1. The molecule has 104 valence electrons. The lowest BCUT2D eigenvalue weighted by molar-refractivity contribution is 0.0985. The summed E-state index contributed by atoms with van der Waals surface area (Å²) in [5.74, 6) is -1.28. The molecule has 0 saturated heterocycles. The average molecular weight is 274 g/mol. The van der Waals surface area contributed by atoms with Crippen molar-refractivity contribution in [3.05, 3.63) is 53.8 Å². The molecule has 2 aromatic rings. The molecule has 20 heavy (non-hydrogen) atoms. The molecule has 1 amide bonds. The maximum atomic E-state index is 13.2. The highest BCUT2D eigenvalue weighted by atomic mass is 19.1. The van der Waals surface area contributed by atoms with Crippen molar-refractivity contribution in [2.24, 2.45) is 0 Å². The number of halogens is 1. The number of rotatable bonds is 3. The number of anilines is 2. The van der Waals surface area contributed by atoms with Gasteiger partial charge in [-0.3, -0.25) is 4.79 Å². The molecule has 0 fully saturated rings. The summed E-state index contributed by atoms with van der Waals surface area (Å²) in [5, 5.41) is 9.71. The standard InChI is InChI=1S/C15H15FN2O2/c1-2-18(12-6-4-11(17)5-7-12)15(20)13-9-10(16)3-8-14(13)19/h3-9,19H,2,17H2,1H3. The molecule has 4 nitrogen and oxygen atoms in total. The Kier molecular flexibility index (Phi) is 3.89. The Morgan fingerprint density at radius 2 is 1.90 bits per heavy atom. The van der Waals surface area contributed by atoms with Crippen LogP contribution in [0.5, 0.6) is 5.75 Å². The van der Waals surface area contributed by atoms with E-state index in [4.69, 9.17) is 5.73 Å². The molecule has 5 heteroatoms. The van der Waals surface area contributed by atoms with E-state index in [0.29, 0.717) is 17.9 Å². The quantitative estimate of drug-likeness (QED) is 0.846. The number of phenols is 1. The molecule has 0 spiro atoms. The van der Waals surface area contributed by atoms with Gasteiger partial charge >= 0.3 is 0 Å². The highest BCUT2D eigenvalue weighted by Gasteiger charge is 2.19. The zero-order chi connectivity index (χ0) is 14.7. The normalized spacial score (nSPS) is 10.3. The van der Waals surface area contributed by atoms with Gasteiger partial charge in [-0.2, -0.15) is 0 Å². The van der Waals surface area contributed by atoms with E-state index in [2.05, 4.69) is 0 Å². The fourth-order valence-corrected chi connectivity index (χ4v) is 1.92. The maximum absolute atomic E-state index is 13.2. The lowest BCUT2D eigenvalue weighted by atomic mass is 10.1. The van der Waals surface area contributed by atoms with Crippen molar-refractivity contribution in [2.75, 3.05) is 17.2 Å². The van der Waals surface area contributed by atoms with E-state index >= 15 is 0 Å². The number of hydrogen-bond acceptors (Lipinski definition) is 3. The van der Waals surface area contributed by atoms with E-state index < -0.39 is 11.7 Å².